The summed E-state index contributed by atoms with van der Waals surface area (Å²) in [4.78, 5) is 17.3. The predicted octanol–water partition coefficient (Wildman–Crippen LogP) is 4.15. The van der Waals surface area contributed by atoms with Crippen LogP contribution in [0.3, 0.4) is 0 Å². The number of ether oxygens (including phenoxy) is 1. The molecular formula is C26H31N3O3. The Morgan fingerprint density at radius 3 is 2.47 bits per heavy atom. The summed E-state index contributed by atoms with van der Waals surface area (Å²) in [5.41, 5.74) is 4.16. The first-order valence-corrected chi connectivity index (χ1v) is 11.3. The molecule has 3 aromatic rings. The molecule has 0 spiro atoms. The van der Waals surface area contributed by atoms with Crippen molar-refractivity contribution in [3.63, 3.8) is 0 Å². The molecule has 32 heavy (non-hydrogen) atoms. The molecule has 1 aliphatic heterocycles. The van der Waals surface area contributed by atoms with Gasteiger partial charge in [0.15, 0.2) is 0 Å². The molecule has 1 amide bonds. The van der Waals surface area contributed by atoms with E-state index in [-0.39, 0.29) is 5.91 Å². The molecule has 1 aliphatic rings. The lowest BCUT2D eigenvalue weighted by atomic mass is 10.1. The van der Waals surface area contributed by atoms with Gasteiger partial charge in [-0.2, -0.15) is 0 Å². The number of carbonyl (C=O) groups is 1. The Morgan fingerprint density at radius 1 is 0.969 bits per heavy atom. The Labute approximate surface area is 189 Å². The van der Waals surface area contributed by atoms with E-state index in [1.807, 2.05) is 49.1 Å². The molecule has 1 saturated heterocycles. The topological polar surface area (TPSA) is 58.8 Å². The summed E-state index contributed by atoms with van der Waals surface area (Å²) >= 11 is 0. The second kappa shape index (κ2) is 10.5. The molecule has 1 fully saturated rings. The quantitative estimate of drug-likeness (QED) is 0.560. The van der Waals surface area contributed by atoms with Crippen LogP contribution in [0.2, 0.25) is 0 Å². The van der Waals surface area contributed by atoms with Crippen molar-refractivity contribution >= 4 is 5.91 Å². The number of carbonyl (C=O) groups excluding carboxylic acids is 1. The number of hydrogen-bond acceptors (Lipinski definition) is 5. The Balaban J connectivity index is 1.26. The highest BCUT2D eigenvalue weighted by atomic mass is 16.5. The Kier molecular flexibility index (Phi) is 7.22. The molecule has 0 unspecified atom stereocenters. The van der Waals surface area contributed by atoms with Crippen molar-refractivity contribution in [3.8, 4) is 5.75 Å². The standard InChI is InChI=1S/C26H31N3O3/c1-20-25(21(2)32-27-20)19-31-24-11-9-22(10-12-24)17-26(30)29-14-6-13-28(15-16-29)18-23-7-4-3-5-8-23/h3-5,7-12H,6,13-19H2,1-2H3. The van der Waals surface area contributed by atoms with Gasteiger partial charge in [0.2, 0.25) is 5.91 Å². The smallest absolute Gasteiger partial charge is 0.227 e. The van der Waals surface area contributed by atoms with Crippen LogP contribution in [0, 0.1) is 13.8 Å². The third-order valence-corrected chi connectivity index (χ3v) is 6.03. The number of benzene rings is 2. The largest absolute Gasteiger partial charge is 0.489 e. The van der Waals surface area contributed by atoms with Crippen LogP contribution in [-0.4, -0.2) is 47.0 Å². The van der Waals surface area contributed by atoms with Gasteiger partial charge in [-0.05, 0) is 43.5 Å². The van der Waals surface area contributed by atoms with E-state index in [2.05, 4.69) is 34.3 Å². The predicted molar refractivity (Wildman–Crippen MR) is 123 cm³/mol. The van der Waals surface area contributed by atoms with E-state index in [0.717, 1.165) is 67.5 Å². The van der Waals surface area contributed by atoms with Crippen LogP contribution in [0.4, 0.5) is 0 Å². The molecule has 6 heteroatoms. The maximum absolute atomic E-state index is 12.9. The average molecular weight is 434 g/mol. The van der Waals surface area contributed by atoms with Gasteiger partial charge >= 0.3 is 0 Å². The molecule has 0 aliphatic carbocycles. The Bertz CT molecular complexity index is 995. The van der Waals surface area contributed by atoms with Crippen molar-refractivity contribution in [1.82, 2.24) is 15.0 Å². The summed E-state index contributed by atoms with van der Waals surface area (Å²) in [6, 6.07) is 18.3. The molecule has 0 N–H and O–H groups in total. The van der Waals surface area contributed by atoms with Crippen molar-refractivity contribution < 1.29 is 14.1 Å². The second-order valence-electron chi connectivity index (χ2n) is 8.41. The van der Waals surface area contributed by atoms with E-state index < -0.39 is 0 Å². The third-order valence-electron chi connectivity index (χ3n) is 6.03. The normalized spacial score (nSPS) is 14.9. The Hall–Kier alpha value is -3.12. The molecule has 0 atom stereocenters. The van der Waals surface area contributed by atoms with Crippen LogP contribution in [0.5, 0.6) is 5.75 Å². The molecule has 0 saturated carbocycles. The number of aromatic nitrogens is 1. The fourth-order valence-electron chi connectivity index (χ4n) is 4.07. The maximum Gasteiger partial charge on any atom is 0.227 e. The van der Waals surface area contributed by atoms with E-state index in [0.29, 0.717) is 13.0 Å². The fourth-order valence-corrected chi connectivity index (χ4v) is 4.07. The third kappa shape index (κ3) is 5.77. The summed E-state index contributed by atoms with van der Waals surface area (Å²) in [5.74, 6) is 1.74. The number of rotatable bonds is 7. The summed E-state index contributed by atoms with van der Waals surface area (Å²) in [5, 5.41) is 3.95. The van der Waals surface area contributed by atoms with Crippen LogP contribution >= 0.6 is 0 Å². The van der Waals surface area contributed by atoms with Gasteiger partial charge in [-0.15, -0.1) is 0 Å². The van der Waals surface area contributed by atoms with Crippen LogP contribution in [0.15, 0.2) is 59.1 Å². The van der Waals surface area contributed by atoms with E-state index in [1.165, 1.54) is 5.56 Å². The van der Waals surface area contributed by atoms with Gasteiger partial charge in [0.05, 0.1) is 17.7 Å². The first-order chi connectivity index (χ1) is 15.6. The number of nitrogens with zero attached hydrogens (tertiary/aromatic N) is 3. The molecule has 4 rings (SSSR count). The second-order valence-corrected chi connectivity index (χ2v) is 8.41. The van der Waals surface area contributed by atoms with E-state index in [9.17, 15) is 4.79 Å². The Morgan fingerprint density at radius 2 is 1.75 bits per heavy atom. The van der Waals surface area contributed by atoms with E-state index >= 15 is 0 Å². The molecule has 1 aromatic heterocycles. The highest BCUT2D eigenvalue weighted by Crippen LogP contribution is 2.19. The molecule has 0 bridgehead atoms. The number of aryl methyl sites for hydroxylation is 2. The molecule has 168 valence electrons. The monoisotopic (exact) mass is 433 g/mol. The molecule has 0 radical (unpaired) electrons. The lowest BCUT2D eigenvalue weighted by Gasteiger charge is -2.22. The zero-order valence-corrected chi connectivity index (χ0v) is 18.9. The highest BCUT2D eigenvalue weighted by molar-refractivity contribution is 5.78. The number of hydrogen-bond donors (Lipinski definition) is 0. The summed E-state index contributed by atoms with van der Waals surface area (Å²) in [7, 11) is 0. The minimum atomic E-state index is 0.191. The molecule has 6 nitrogen and oxygen atoms in total. The SMILES string of the molecule is Cc1noc(C)c1COc1ccc(CC(=O)N2CCCN(Cc3ccccc3)CC2)cc1. The van der Waals surface area contributed by atoms with Crippen LogP contribution in [-0.2, 0) is 24.4 Å². The minimum Gasteiger partial charge on any atom is -0.489 e. The minimum absolute atomic E-state index is 0.191. The highest BCUT2D eigenvalue weighted by Gasteiger charge is 2.19. The van der Waals surface area contributed by atoms with Gasteiger partial charge in [0.25, 0.3) is 0 Å². The van der Waals surface area contributed by atoms with Gasteiger partial charge in [-0.25, -0.2) is 0 Å². The lowest BCUT2D eigenvalue weighted by Crippen LogP contribution is -2.36. The summed E-state index contributed by atoms with van der Waals surface area (Å²) < 4.78 is 11.0. The van der Waals surface area contributed by atoms with Crippen LogP contribution < -0.4 is 4.74 Å². The fraction of sp³-hybridized carbons (Fsp3) is 0.385. The molecule has 2 heterocycles. The van der Waals surface area contributed by atoms with Crippen LogP contribution in [0.1, 0.15) is 34.6 Å². The van der Waals surface area contributed by atoms with E-state index in [4.69, 9.17) is 9.26 Å². The summed E-state index contributed by atoms with van der Waals surface area (Å²) in [6.45, 7) is 8.70. The van der Waals surface area contributed by atoms with Gasteiger partial charge < -0.3 is 14.2 Å². The average Bonchev–Trinajstić information content (AvgIpc) is 2.98. The zero-order valence-electron chi connectivity index (χ0n) is 18.9. The van der Waals surface area contributed by atoms with Gasteiger partial charge in [0.1, 0.15) is 18.1 Å². The lowest BCUT2D eigenvalue weighted by molar-refractivity contribution is -0.130. The summed E-state index contributed by atoms with van der Waals surface area (Å²) in [6.07, 6.45) is 1.43. The van der Waals surface area contributed by atoms with Crippen LogP contribution in [0.25, 0.3) is 0 Å². The zero-order chi connectivity index (χ0) is 22.3. The van der Waals surface area contributed by atoms with Crippen molar-refractivity contribution in [2.75, 3.05) is 26.2 Å². The maximum atomic E-state index is 12.9. The van der Waals surface area contributed by atoms with Crippen molar-refractivity contribution in [2.45, 2.75) is 39.8 Å². The number of amides is 1. The first kappa shape index (κ1) is 22.1. The molecular weight excluding hydrogens is 402 g/mol. The molecule has 2 aromatic carbocycles. The van der Waals surface area contributed by atoms with Gasteiger partial charge in [-0.3, -0.25) is 9.69 Å². The van der Waals surface area contributed by atoms with Crippen molar-refractivity contribution in [3.05, 3.63) is 82.7 Å². The van der Waals surface area contributed by atoms with Gasteiger partial charge in [0, 0.05) is 32.7 Å². The van der Waals surface area contributed by atoms with Gasteiger partial charge in [-0.1, -0.05) is 47.6 Å². The van der Waals surface area contributed by atoms with Crippen molar-refractivity contribution in [2.24, 2.45) is 0 Å². The first-order valence-electron chi connectivity index (χ1n) is 11.3. The van der Waals surface area contributed by atoms with E-state index in [1.54, 1.807) is 0 Å². The van der Waals surface area contributed by atoms with Crippen molar-refractivity contribution in [1.29, 1.82) is 0 Å².